The lowest BCUT2D eigenvalue weighted by Crippen LogP contribution is -2.47. The van der Waals surface area contributed by atoms with Gasteiger partial charge in [-0.1, -0.05) is 17.7 Å². The number of halogens is 2. The van der Waals surface area contributed by atoms with Crippen LogP contribution >= 0.6 is 11.6 Å². The van der Waals surface area contributed by atoms with E-state index in [0.717, 1.165) is 0 Å². The molecule has 0 aliphatic carbocycles. The fourth-order valence-electron chi connectivity index (χ4n) is 3.45. The van der Waals surface area contributed by atoms with E-state index in [1.54, 1.807) is 23.1 Å². The molecule has 1 atom stereocenters. The second-order valence-corrected chi connectivity index (χ2v) is 7.70. The largest absolute Gasteiger partial charge is 0.493 e. The van der Waals surface area contributed by atoms with Gasteiger partial charge in [-0.2, -0.15) is 0 Å². The quantitative estimate of drug-likeness (QED) is 0.422. The molecule has 0 aromatic heterocycles. The average Bonchev–Trinajstić information content (AvgIpc) is 2.81. The van der Waals surface area contributed by atoms with Crippen LogP contribution in [0.5, 0.6) is 17.2 Å². The number of Topliss-reactive ketones (excluding diaryl/α,β-unsaturated/α-hetero) is 1. The third-order valence-electron chi connectivity index (χ3n) is 5.14. The summed E-state index contributed by atoms with van der Waals surface area (Å²) in [5, 5.41) is 0.223. The van der Waals surface area contributed by atoms with E-state index >= 15 is 0 Å². The first kappa shape index (κ1) is 24.5. The summed E-state index contributed by atoms with van der Waals surface area (Å²) in [5.74, 6) is -0.0106. The van der Waals surface area contributed by atoms with Gasteiger partial charge in [-0.25, -0.2) is 4.39 Å². The molecule has 0 spiro atoms. The predicted molar refractivity (Wildman–Crippen MR) is 122 cm³/mol. The lowest BCUT2D eigenvalue weighted by atomic mass is 10.1. The summed E-state index contributed by atoms with van der Waals surface area (Å²) in [5.41, 5.74) is 0.503. The van der Waals surface area contributed by atoms with Crippen LogP contribution in [0.4, 0.5) is 4.39 Å². The summed E-state index contributed by atoms with van der Waals surface area (Å²) in [6.45, 7) is 2.46. The number of rotatable bonds is 8. The Kier molecular flexibility index (Phi) is 8.30. The maximum absolute atomic E-state index is 13.9. The highest BCUT2D eigenvalue weighted by Gasteiger charge is 2.26. The van der Waals surface area contributed by atoms with Crippen molar-refractivity contribution < 1.29 is 32.9 Å². The van der Waals surface area contributed by atoms with E-state index in [1.165, 1.54) is 45.4 Å². The van der Waals surface area contributed by atoms with Gasteiger partial charge in [0.15, 0.2) is 17.3 Å². The molecule has 3 rings (SSSR count). The molecule has 2 aromatic carbocycles. The third-order valence-corrected chi connectivity index (χ3v) is 5.47. The fraction of sp³-hybridized carbons (Fsp3) is 0.333. The molecule has 0 bridgehead atoms. The number of ketones is 1. The van der Waals surface area contributed by atoms with E-state index in [2.05, 4.69) is 0 Å². The molecule has 1 aliphatic rings. The van der Waals surface area contributed by atoms with Crippen LogP contribution in [0.15, 0.2) is 36.4 Å². The van der Waals surface area contributed by atoms with Gasteiger partial charge in [-0.15, -0.1) is 0 Å². The van der Waals surface area contributed by atoms with Crippen LogP contribution < -0.4 is 14.2 Å². The molecule has 0 saturated carbocycles. The number of ether oxygens (including phenoxy) is 4. The van der Waals surface area contributed by atoms with Crippen molar-refractivity contribution in [1.29, 1.82) is 0 Å². The summed E-state index contributed by atoms with van der Waals surface area (Å²) in [6.07, 6.45) is 2.21. The highest BCUT2D eigenvalue weighted by molar-refractivity contribution is 6.32. The number of morpholine rings is 1. The maximum Gasteiger partial charge on any atom is 0.246 e. The Balaban J connectivity index is 1.69. The van der Waals surface area contributed by atoms with Gasteiger partial charge < -0.3 is 23.8 Å². The van der Waals surface area contributed by atoms with E-state index in [1.807, 2.05) is 0 Å². The number of methoxy groups -OCH3 is 2. The number of amides is 1. The molecule has 1 aliphatic heterocycles. The highest BCUT2D eigenvalue weighted by Crippen LogP contribution is 2.40. The number of hydrogen-bond donors (Lipinski definition) is 0. The molecular formula is C24H25ClFNO6. The summed E-state index contributed by atoms with van der Waals surface area (Å²) >= 11 is 6.01. The first-order chi connectivity index (χ1) is 15.8. The van der Waals surface area contributed by atoms with Gasteiger partial charge in [0.05, 0.1) is 38.0 Å². The highest BCUT2D eigenvalue weighted by atomic mass is 35.5. The van der Waals surface area contributed by atoms with Crippen LogP contribution in [-0.2, 0) is 9.53 Å². The molecule has 0 N–H and O–H groups in total. The molecule has 9 heteroatoms. The van der Waals surface area contributed by atoms with Crippen LogP contribution in [0.25, 0.3) is 6.08 Å². The zero-order valence-corrected chi connectivity index (χ0v) is 19.4. The summed E-state index contributed by atoms with van der Waals surface area (Å²) in [4.78, 5) is 26.3. The first-order valence-electron chi connectivity index (χ1n) is 10.3. The molecule has 1 amide bonds. The van der Waals surface area contributed by atoms with Crippen molar-refractivity contribution in [2.45, 2.75) is 13.0 Å². The Labute approximate surface area is 196 Å². The van der Waals surface area contributed by atoms with Gasteiger partial charge in [0.1, 0.15) is 18.5 Å². The van der Waals surface area contributed by atoms with Crippen molar-refractivity contribution in [1.82, 2.24) is 4.90 Å². The van der Waals surface area contributed by atoms with Crippen LogP contribution in [0.3, 0.4) is 0 Å². The summed E-state index contributed by atoms with van der Waals surface area (Å²) < 4.78 is 36.3. The number of nitrogens with zero attached hydrogens (tertiary/aromatic N) is 1. The van der Waals surface area contributed by atoms with Crippen molar-refractivity contribution >= 4 is 29.4 Å². The van der Waals surface area contributed by atoms with Gasteiger partial charge in [0.25, 0.3) is 0 Å². The Morgan fingerprint density at radius 2 is 2.00 bits per heavy atom. The SMILES string of the molecule is COc1ccc(C(C)=O)c(OCC2CN(C(=O)C=Cc3c(F)cccc3Cl)CCO2)c1OC. The Bertz CT molecular complexity index is 1040. The van der Waals surface area contributed by atoms with Gasteiger partial charge in [-0.05, 0) is 37.3 Å². The van der Waals surface area contributed by atoms with Crippen molar-refractivity contribution in [3.05, 3.63) is 58.4 Å². The number of carbonyl (C=O) groups excluding carboxylic acids is 2. The molecule has 1 saturated heterocycles. The topological polar surface area (TPSA) is 74.3 Å². The molecule has 2 aromatic rings. The number of hydrogen-bond acceptors (Lipinski definition) is 6. The number of carbonyl (C=O) groups is 2. The lowest BCUT2D eigenvalue weighted by Gasteiger charge is -2.32. The van der Waals surface area contributed by atoms with E-state index in [4.69, 9.17) is 30.5 Å². The fourth-order valence-corrected chi connectivity index (χ4v) is 3.67. The van der Waals surface area contributed by atoms with Crippen molar-refractivity contribution in [3.8, 4) is 17.2 Å². The molecule has 33 heavy (non-hydrogen) atoms. The molecular weight excluding hydrogens is 453 g/mol. The van der Waals surface area contributed by atoms with Crippen molar-refractivity contribution in [2.24, 2.45) is 0 Å². The predicted octanol–water partition coefficient (Wildman–Crippen LogP) is 4.02. The van der Waals surface area contributed by atoms with Crippen molar-refractivity contribution in [2.75, 3.05) is 40.5 Å². The minimum absolute atomic E-state index is 0.0798. The second kappa shape index (κ2) is 11.2. The average molecular weight is 478 g/mol. The molecule has 176 valence electrons. The Morgan fingerprint density at radius 3 is 2.67 bits per heavy atom. The van der Waals surface area contributed by atoms with E-state index in [9.17, 15) is 14.0 Å². The van der Waals surface area contributed by atoms with Crippen LogP contribution in [-0.4, -0.2) is 63.2 Å². The maximum atomic E-state index is 13.9. The molecule has 1 heterocycles. The normalized spacial score (nSPS) is 16.0. The van der Waals surface area contributed by atoms with Gasteiger partial charge in [-0.3, -0.25) is 9.59 Å². The zero-order chi connectivity index (χ0) is 24.0. The zero-order valence-electron chi connectivity index (χ0n) is 18.6. The van der Waals surface area contributed by atoms with E-state index < -0.39 is 11.9 Å². The molecule has 0 radical (unpaired) electrons. The monoisotopic (exact) mass is 477 g/mol. The van der Waals surface area contributed by atoms with Crippen LogP contribution in [0.2, 0.25) is 5.02 Å². The van der Waals surface area contributed by atoms with Crippen LogP contribution in [0, 0.1) is 5.82 Å². The van der Waals surface area contributed by atoms with Gasteiger partial charge >= 0.3 is 0 Å². The Morgan fingerprint density at radius 1 is 1.21 bits per heavy atom. The summed E-state index contributed by atoms with van der Waals surface area (Å²) in [7, 11) is 2.95. The Hall–Kier alpha value is -3.10. The summed E-state index contributed by atoms with van der Waals surface area (Å²) in [6, 6.07) is 7.57. The van der Waals surface area contributed by atoms with Crippen molar-refractivity contribution in [3.63, 3.8) is 0 Å². The first-order valence-corrected chi connectivity index (χ1v) is 10.6. The molecule has 1 fully saturated rings. The van der Waals surface area contributed by atoms with Gasteiger partial charge in [0.2, 0.25) is 11.7 Å². The second-order valence-electron chi connectivity index (χ2n) is 7.29. The van der Waals surface area contributed by atoms with Gasteiger partial charge in [0, 0.05) is 18.2 Å². The molecule has 7 nitrogen and oxygen atoms in total. The smallest absolute Gasteiger partial charge is 0.246 e. The molecule has 1 unspecified atom stereocenters. The minimum Gasteiger partial charge on any atom is -0.493 e. The lowest BCUT2D eigenvalue weighted by molar-refractivity contribution is -0.134. The number of benzene rings is 2. The third kappa shape index (κ3) is 5.83. The van der Waals surface area contributed by atoms with E-state index in [-0.39, 0.29) is 41.2 Å². The minimum atomic E-state index is -0.506. The van der Waals surface area contributed by atoms with E-state index in [0.29, 0.717) is 30.2 Å². The van der Waals surface area contributed by atoms with Crippen LogP contribution in [0.1, 0.15) is 22.8 Å². The standard InChI is InChI=1S/C24H25ClFNO6/c1-15(28)17-7-9-21(30-2)24(31-3)23(17)33-14-16-13-27(11-12-32-16)22(29)10-8-18-19(25)5-4-6-20(18)26/h4-10,16H,11-14H2,1-3H3.